The second kappa shape index (κ2) is 8.24. The molecule has 2 N–H and O–H groups in total. The number of carbonyl (C=O) groups is 1. The second-order valence-corrected chi connectivity index (χ2v) is 10.2. The Hall–Kier alpha value is -1.87. The summed E-state index contributed by atoms with van der Waals surface area (Å²) in [5, 5.41) is 4.86. The molecule has 1 atom stereocenters. The molecule has 2 heterocycles. The van der Waals surface area contributed by atoms with Crippen LogP contribution in [0.3, 0.4) is 0 Å². The largest absolute Gasteiger partial charge is 0.478 e. The molecule has 1 unspecified atom stereocenters. The van der Waals surface area contributed by atoms with E-state index < -0.39 is 15.6 Å². The highest BCUT2D eigenvalue weighted by Crippen LogP contribution is 2.36. The van der Waals surface area contributed by atoms with Crippen molar-refractivity contribution < 1.29 is 22.7 Å². The molecule has 1 fully saturated rings. The van der Waals surface area contributed by atoms with Crippen molar-refractivity contribution in [2.75, 3.05) is 6.61 Å². The average molecular weight is 414 g/mol. The Labute approximate surface area is 167 Å². The summed E-state index contributed by atoms with van der Waals surface area (Å²) in [6.07, 6.45) is 2.99. The van der Waals surface area contributed by atoms with Crippen molar-refractivity contribution >= 4 is 16.1 Å². The number of hydrogen-bond acceptors (Lipinski definition) is 6. The molecule has 0 aromatic carbocycles. The van der Waals surface area contributed by atoms with Gasteiger partial charge in [0.2, 0.25) is 5.88 Å². The van der Waals surface area contributed by atoms with Crippen LogP contribution in [-0.4, -0.2) is 48.2 Å². The minimum absolute atomic E-state index is 0.0807. The first-order valence-electron chi connectivity index (χ1n) is 9.45. The number of hydrogen-bond donors (Lipinski definition) is 1. The smallest absolute Gasteiger partial charge is 0.410 e. The zero-order chi connectivity index (χ0) is 21.2. The molecule has 1 aromatic heterocycles. The SMILES string of the molecule is CC(C)(C)OC(=O)N1C(CCCOc2cccc(S(N)(=O)=O)n2)CCC1(C)C. The van der Waals surface area contributed by atoms with E-state index in [1.807, 2.05) is 25.7 Å². The van der Waals surface area contributed by atoms with Crippen molar-refractivity contribution in [2.24, 2.45) is 5.14 Å². The predicted octanol–water partition coefficient (Wildman–Crippen LogP) is 3.07. The van der Waals surface area contributed by atoms with Gasteiger partial charge >= 0.3 is 6.09 Å². The van der Waals surface area contributed by atoms with Crippen LogP contribution in [0.15, 0.2) is 23.2 Å². The van der Waals surface area contributed by atoms with Gasteiger partial charge in [-0.05, 0) is 66.4 Å². The van der Waals surface area contributed by atoms with E-state index in [-0.39, 0.29) is 28.6 Å². The fourth-order valence-corrected chi connectivity index (χ4v) is 3.86. The highest BCUT2D eigenvalue weighted by molar-refractivity contribution is 7.89. The van der Waals surface area contributed by atoms with Gasteiger partial charge < -0.3 is 14.4 Å². The number of carbonyl (C=O) groups excluding carboxylic acids is 1. The lowest BCUT2D eigenvalue weighted by Crippen LogP contribution is -2.49. The number of aromatic nitrogens is 1. The van der Waals surface area contributed by atoms with E-state index in [4.69, 9.17) is 14.6 Å². The molecule has 0 spiro atoms. The van der Waals surface area contributed by atoms with Crippen LogP contribution in [0.5, 0.6) is 5.88 Å². The maximum absolute atomic E-state index is 12.7. The molecule has 1 aliphatic rings. The number of ether oxygens (including phenoxy) is 2. The van der Waals surface area contributed by atoms with Gasteiger partial charge in [0.05, 0.1) is 6.61 Å². The maximum Gasteiger partial charge on any atom is 0.410 e. The summed E-state index contributed by atoms with van der Waals surface area (Å²) in [6, 6.07) is 4.52. The van der Waals surface area contributed by atoms with Crippen molar-refractivity contribution in [3.05, 3.63) is 18.2 Å². The van der Waals surface area contributed by atoms with E-state index in [0.29, 0.717) is 13.0 Å². The molecular formula is C19H31N3O5S. The number of rotatable bonds is 6. The number of nitrogens with zero attached hydrogens (tertiary/aromatic N) is 2. The van der Waals surface area contributed by atoms with Crippen LogP contribution < -0.4 is 9.88 Å². The van der Waals surface area contributed by atoms with Gasteiger partial charge in [-0.3, -0.25) is 0 Å². The number of nitrogens with two attached hydrogens (primary N) is 1. The van der Waals surface area contributed by atoms with Crippen LogP contribution in [0.25, 0.3) is 0 Å². The molecule has 0 radical (unpaired) electrons. The van der Waals surface area contributed by atoms with Gasteiger partial charge in [-0.1, -0.05) is 6.07 Å². The number of primary sulfonamides is 1. The minimum Gasteiger partial charge on any atom is -0.478 e. The highest BCUT2D eigenvalue weighted by atomic mass is 32.2. The summed E-state index contributed by atoms with van der Waals surface area (Å²) in [5.74, 6) is 0.210. The van der Waals surface area contributed by atoms with Gasteiger partial charge in [0.25, 0.3) is 10.0 Å². The molecule has 1 aliphatic heterocycles. The maximum atomic E-state index is 12.7. The minimum atomic E-state index is -3.86. The van der Waals surface area contributed by atoms with Crippen LogP contribution in [0, 0.1) is 0 Å². The Kier molecular flexibility index (Phi) is 6.60. The van der Waals surface area contributed by atoms with E-state index >= 15 is 0 Å². The lowest BCUT2D eigenvalue weighted by atomic mass is 10.0. The highest BCUT2D eigenvalue weighted by Gasteiger charge is 2.43. The van der Waals surface area contributed by atoms with Crippen LogP contribution in [-0.2, 0) is 14.8 Å². The van der Waals surface area contributed by atoms with E-state index in [9.17, 15) is 13.2 Å². The number of pyridine rings is 1. The van der Waals surface area contributed by atoms with Crippen LogP contribution in [0.2, 0.25) is 0 Å². The van der Waals surface area contributed by atoms with E-state index in [0.717, 1.165) is 19.3 Å². The molecular weight excluding hydrogens is 382 g/mol. The quantitative estimate of drug-likeness (QED) is 0.717. The summed E-state index contributed by atoms with van der Waals surface area (Å²) >= 11 is 0. The van der Waals surface area contributed by atoms with Gasteiger partial charge in [-0.25, -0.2) is 23.3 Å². The molecule has 1 aromatic rings. The fourth-order valence-electron chi connectivity index (χ4n) is 3.37. The molecule has 0 saturated carbocycles. The first-order valence-corrected chi connectivity index (χ1v) is 11.0. The molecule has 158 valence electrons. The van der Waals surface area contributed by atoms with Gasteiger partial charge in [-0.2, -0.15) is 0 Å². The molecule has 2 rings (SSSR count). The van der Waals surface area contributed by atoms with Gasteiger partial charge in [0.15, 0.2) is 5.03 Å². The first-order chi connectivity index (χ1) is 12.8. The van der Waals surface area contributed by atoms with Gasteiger partial charge in [0, 0.05) is 17.6 Å². The van der Waals surface area contributed by atoms with Crippen molar-refractivity contribution in [1.29, 1.82) is 0 Å². The molecule has 0 aliphatic carbocycles. The lowest BCUT2D eigenvalue weighted by molar-refractivity contribution is 0.00254. The van der Waals surface area contributed by atoms with Crippen molar-refractivity contribution in [3.63, 3.8) is 0 Å². The number of amides is 1. The van der Waals surface area contributed by atoms with Crippen molar-refractivity contribution in [2.45, 2.75) is 82.5 Å². The first kappa shape index (κ1) is 22.4. The van der Waals surface area contributed by atoms with E-state index in [2.05, 4.69) is 18.8 Å². The Balaban J connectivity index is 1.92. The van der Waals surface area contributed by atoms with E-state index in [1.165, 1.54) is 12.1 Å². The molecule has 0 bridgehead atoms. The fraction of sp³-hybridized carbons (Fsp3) is 0.684. The van der Waals surface area contributed by atoms with E-state index in [1.54, 1.807) is 6.07 Å². The third-order valence-electron chi connectivity index (χ3n) is 4.62. The van der Waals surface area contributed by atoms with Crippen molar-refractivity contribution in [3.8, 4) is 5.88 Å². The average Bonchev–Trinajstić information content (AvgIpc) is 2.84. The van der Waals surface area contributed by atoms with Crippen LogP contribution in [0.4, 0.5) is 4.79 Å². The summed E-state index contributed by atoms with van der Waals surface area (Å²) in [5.41, 5.74) is -0.789. The molecule has 28 heavy (non-hydrogen) atoms. The van der Waals surface area contributed by atoms with Gasteiger partial charge in [0.1, 0.15) is 5.60 Å². The van der Waals surface area contributed by atoms with Crippen LogP contribution in [0.1, 0.15) is 60.3 Å². The number of sulfonamides is 1. The molecule has 9 heteroatoms. The summed E-state index contributed by atoms with van der Waals surface area (Å²) in [4.78, 5) is 18.4. The Morgan fingerprint density at radius 3 is 2.64 bits per heavy atom. The normalized spacial score (nSPS) is 19.5. The summed E-state index contributed by atoms with van der Waals surface area (Å²) < 4.78 is 33.9. The Bertz CT molecular complexity index is 802. The summed E-state index contributed by atoms with van der Waals surface area (Å²) in [6.45, 7) is 10.0. The Morgan fingerprint density at radius 2 is 2.04 bits per heavy atom. The predicted molar refractivity (Wildman–Crippen MR) is 106 cm³/mol. The monoisotopic (exact) mass is 413 g/mol. The topological polar surface area (TPSA) is 112 Å². The lowest BCUT2D eigenvalue weighted by Gasteiger charge is -2.37. The van der Waals surface area contributed by atoms with Crippen LogP contribution >= 0.6 is 0 Å². The summed E-state index contributed by atoms with van der Waals surface area (Å²) in [7, 11) is -3.86. The molecule has 8 nitrogen and oxygen atoms in total. The third-order valence-corrected chi connectivity index (χ3v) is 5.43. The second-order valence-electron chi connectivity index (χ2n) is 8.71. The Morgan fingerprint density at radius 1 is 1.36 bits per heavy atom. The number of likely N-dealkylation sites (tertiary alicyclic amines) is 1. The zero-order valence-electron chi connectivity index (χ0n) is 17.3. The molecule has 1 amide bonds. The molecule has 1 saturated heterocycles. The standard InChI is InChI=1S/C19H31N3O5S/c1-18(2,3)27-17(23)22-14(11-12-19(22,4)5)8-7-13-26-15-9-6-10-16(21-15)28(20,24)25/h6,9-10,14H,7-8,11-13H2,1-5H3,(H2,20,24,25). The van der Waals surface area contributed by atoms with Gasteiger partial charge in [-0.15, -0.1) is 0 Å². The van der Waals surface area contributed by atoms with Crippen molar-refractivity contribution in [1.82, 2.24) is 9.88 Å². The zero-order valence-corrected chi connectivity index (χ0v) is 18.1. The third kappa shape index (κ3) is 6.07.